The zero-order valence-corrected chi connectivity index (χ0v) is 20.2. The van der Waals surface area contributed by atoms with Crippen LogP contribution in [0.3, 0.4) is 0 Å². The van der Waals surface area contributed by atoms with Crippen molar-refractivity contribution in [2.24, 2.45) is 9.98 Å². The van der Waals surface area contributed by atoms with Crippen LogP contribution in [0.4, 0.5) is 0 Å². The van der Waals surface area contributed by atoms with E-state index in [0.717, 1.165) is 35.7 Å². The molecule has 1 aromatic heterocycles. The van der Waals surface area contributed by atoms with Crippen molar-refractivity contribution < 1.29 is 9.90 Å². The van der Waals surface area contributed by atoms with Gasteiger partial charge in [-0.25, -0.2) is 0 Å². The van der Waals surface area contributed by atoms with E-state index in [9.17, 15) is 9.90 Å². The second kappa shape index (κ2) is 9.77. The summed E-state index contributed by atoms with van der Waals surface area (Å²) in [6, 6.07) is 12.5. The molecule has 11 heteroatoms. The minimum atomic E-state index is -0.898. The summed E-state index contributed by atoms with van der Waals surface area (Å²) in [5, 5.41) is 23.3. The molecule has 1 atom stereocenters. The number of aliphatic imine (C=N–C) groups is 2. The molecule has 0 spiro atoms. The minimum Gasteiger partial charge on any atom is -0.481 e. The van der Waals surface area contributed by atoms with Crippen molar-refractivity contribution in [1.29, 1.82) is 0 Å². The van der Waals surface area contributed by atoms with E-state index in [1.807, 2.05) is 41.0 Å². The van der Waals surface area contributed by atoms with Crippen LogP contribution in [0.15, 0.2) is 57.6 Å². The molecule has 0 unspecified atom stereocenters. The molecule has 8 nitrogen and oxygen atoms in total. The first kappa shape index (κ1) is 22.9. The highest BCUT2D eigenvalue weighted by molar-refractivity contribution is 7.99. The Morgan fingerprint density at radius 2 is 2.03 bits per heavy atom. The van der Waals surface area contributed by atoms with Crippen molar-refractivity contribution in [3.8, 4) is 5.69 Å². The maximum Gasteiger partial charge on any atom is 0.303 e. The molecule has 2 aliphatic rings. The lowest BCUT2D eigenvalue weighted by Crippen LogP contribution is -2.20. The lowest BCUT2D eigenvalue weighted by atomic mass is 10.00. The Morgan fingerprint density at radius 1 is 1.18 bits per heavy atom. The minimum absolute atomic E-state index is 0.0584. The summed E-state index contributed by atoms with van der Waals surface area (Å²) in [7, 11) is 0. The van der Waals surface area contributed by atoms with Gasteiger partial charge in [0.2, 0.25) is 0 Å². The van der Waals surface area contributed by atoms with Crippen molar-refractivity contribution in [3.05, 3.63) is 69.5 Å². The molecule has 2 aliphatic heterocycles. The largest absolute Gasteiger partial charge is 0.481 e. The molecule has 0 saturated carbocycles. The molecule has 2 aromatic carbocycles. The maximum atomic E-state index is 11.4. The van der Waals surface area contributed by atoms with Crippen molar-refractivity contribution in [2.75, 3.05) is 18.8 Å². The van der Waals surface area contributed by atoms with E-state index < -0.39 is 12.0 Å². The lowest BCUT2D eigenvalue weighted by Gasteiger charge is -2.14. The van der Waals surface area contributed by atoms with Crippen LogP contribution in [0, 0.1) is 0 Å². The third-order valence-corrected chi connectivity index (χ3v) is 7.04. The number of carbonyl (C=O) groups is 1. The second-order valence-corrected chi connectivity index (χ2v) is 9.57. The van der Waals surface area contributed by atoms with Gasteiger partial charge in [0.05, 0.1) is 23.7 Å². The summed E-state index contributed by atoms with van der Waals surface area (Å²) in [5.41, 5.74) is 2.97. The second-order valence-electron chi connectivity index (χ2n) is 7.79. The number of aromatic nitrogens is 3. The fourth-order valence-corrected chi connectivity index (χ4v) is 5.27. The van der Waals surface area contributed by atoms with Crippen molar-refractivity contribution in [3.63, 3.8) is 0 Å². The molecule has 2 N–H and O–H groups in total. The van der Waals surface area contributed by atoms with Crippen LogP contribution in [-0.2, 0) is 4.79 Å². The normalized spacial score (nSPS) is 16.7. The third kappa shape index (κ3) is 4.55. The summed E-state index contributed by atoms with van der Waals surface area (Å²) in [6.45, 7) is 1.60. The number of carboxylic acid groups (broad SMARTS) is 1. The molecular formula is C23H20Cl2N6O2S. The van der Waals surface area contributed by atoms with Crippen LogP contribution in [0.5, 0.6) is 0 Å². The number of thioether (sulfide) groups is 1. The van der Waals surface area contributed by atoms with Gasteiger partial charge in [-0.05, 0) is 30.7 Å². The smallest absolute Gasteiger partial charge is 0.303 e. The number of hydrogen-bond acceptors (Lipinski definition) is 7. The first-order valence-corrected chi connectivity index (χ1v) is 12.5. The average molecular weight is 515 g/mol. The third-order valence-electron chi connectivity index (χ3n) is 5.54. The molecule has 34 heavy (non-hydrogen) atoms. The van der Waals surface area contributed by atoms with Gasteiger partial charge in [0.1, 0.15) is 11.9 Å². The number of aliphatic carboxylic acids is 1. The topological polar surface area (TPSA) is 105 Å². The molecule has 5 rings (SSSR count). The number of rotatable bonds is 7. The number of benzene rings is 2. The Hall–Kier alpha value is -2.88. The Balaban J connectivity index is 1.67. The molecule has 0 fully saturated rings. The molecule has 0 radical (unpaired) electrons. The van der Waals surface area contributed by atoms with E-state index in [0.29, 0.717) is 32.5 Å². The zero-order chi connectivity index (χ0) is 23.7. The predicted octanol–water partition coefficient (Wildman–Crippen LogP) is 4.42. The van der Waals surface area contributed by atoms with Gasteiger partial charge in [-0.3, -0.25) is 19.3 Å². The van der Waals surface area contributed by atoms with E-state index in [-0.39, 0.29) is 12.8 Å². The van der Waals surface area contributed by atoms with E-state index in [4.69, 9.17) is 28.2 Å². The number of carboxylic acids is 1. The number of hydrogen-bond donors (Lipinski definition) is 2. The maximum absolute atomic E-state index is 11.4. The zero-order valence-electron chi connectivity index (χ0n) is 17.9. The Bertz CT molecular complexity index is 1320. The summed E-state index contributed by atoms with van der Waals surface area (Å²) in [6.07, 6.45) is 0.208. The molecule has 0 amide bonds. The summed E-state index contributed by atoms with van der Waals surface area (Å²) >= 11 is 14.5. The van der Waals surface area contributed by atoms with Crippen LogP contribution in [-0.4, -0.2) is 56.2 Å². The Morgan fingerprint density at radius 3 is 2.79 bits per heavy atom. The molecule has 3 aromatic rings. The highest BCUT2D eigenvalue weighted by atomic mass is 35.5. The fourth-order valence-electron chi connectivity index (χ4n) is 3.99. The highest BCUT2D eigenvalue weighted by Gasteiger charge is 2.30. The SMILES string of the molecule is O=C(O)CC[C@@H]1N=C(c2ccccc2Cl)c2cc(Cl)ccc2-n2c(SCC3=NCCN3)nnc21. The number of halogens is 2. The first-order chi connectivity index (χ1) is 16.5. The van der Waals surface area contributed by atoms with Crippen LogP contribution < -0.4 is 5.32 Å². The quantitative estimate of drug-likeness (QED) is 0.452. The van der Waals surface area contributed by atoms with Crippen molar-refractivity contribution in [2.45, 2.75) is 24.0 Å². The van der Waals surface area contributed by atoms with Gasteiger partial charge < -0.3 is 10.4 Å². The Kier molecular flexibility index (Phi) is 6.58. The van der Waals surface area contributed by atoms with Gasteiger partial charge in [-0.1, -0.05) is 53.2 Å². The summed E-state index contributed by atoms with van der Waals surface area (Å²) < 4.78 is 1.95. The standard InChI is InChI=1S/C23H20Cl2N6O2S/c24-13-5-7-18-15(11-13)21(14-3-1-2-4-16(14)25)28-17(6-8-20(32)33)22-29-30-23(31(18)22)34-12-19-26-9-10-27-19/h1-5,7,11,17H,6,8-10,12H2,(H,26,27)(H,32,33)/t17-/m0/s1. The molecular weight excluding hydrogens is 495 g/mol. The molecule has 174 valence electrons. The van der Waals surface area contributed by atoms with E-state index >= 15 is 0 Å². The molecule has 0 aliphatic carbocycles. The summed E-state index contributed by atoms with van der Waals surface area (Å²) in [4.78, 5) is 20.9. The van der Waals surface area contributed by atoms with Crippen LogP contribution >= 0.6 is 35.0 Å². The highest BCUT2D eigenvalue weighted by Crippen LogP contribution is 2.37. The number of nitrogens with zero attached hydrogens (tertiary/aromatic N) is 5. The lowest BCUT2D eigenvalue weighted by molar-refractivity contribution is -0.137. The number of amidine groups is 1. The summed E-state index contributed by atoms with van der Waals surface area (Å²) in [5.74, 6) is 1.22. The van der Waals surface area contributed by atoms with Crippen LogP contribution in [0.25, 0.3) is 5.69 Å². The predicted molar refractivity (Wildman–Crippen MR) is 134 cm³/mol. The van der Waals surface area contributed by atoms with Gasteiger partial charge in [-0.2, -0.15) is 0 Å². The van der Waals surface area contributed by atoms with E-state index in [1.165, 1.54) is 11.8 Å². The average Bonchev–Trinajstić information content (AvgIpc) is 3.46. The van der Waals surface area contributed by atoms with Gasteiger partial charge in [0, 0.05) is 34.1 Å². The monoisotopic (exact) mass is 514 g/mol. The van der Waals surface area contributed by atoms with E-state index in [2.05, 4.69) is 20.5 Å². The van der Waals surface area contributed by atoms with Crippen LogP contribution in [0.1, 0.15) is 35.8 Å². The van der Waals surface area contributed by atoms with Crippen LogP contribution in [0.2, 0.25) is 10.0 Å². The fraction of sp³-hybridized carbons (Fsp3) is 0.261. The van der Waals surface area contributed by atoms with Gasteiger partial charge >= 0.3 is 5.97 Å². The molecule has 0 bridgehead atoms. The van der Waals surface area contributed by atoms with Gasteiger partial charge in [0.25, 0.3) is 0 Å². The van der Waals surface area contributed by atoms with Gasteiger partial charge in [0.15, 0.2) is 11.0 Å². The first-order valence-electron chi connectivity index (χ1n) is 10.7. The van der Waals surface area contributed by atoms with E-state index in [1.54, 1.807) is 6.07 Å². The van der Waals surface area contributed by atoms with Crippen molar-refractivity contribution >= 4 is 52.5 Å². The molecule has 0 saturated heterocycles. The Labute approximate surface area is 210 Å². The van der Waals surface area contributed by atoms with Crippen molar-refractivity contribution in [1.82, 2.24) is 20.1 Å². The number of fused-ring (bicyclic) bond motifs is 3. The van der Waals surface area contributed by atoms with Gasteiger partial charge in [-0.15, -0.1) is 10.2 Å². The number of nitrogens with one attached hydrogen (secondary N) is 1. The molecule has 3 heterocycles.